The average molecular weight is 438 g/mol. The minimum Gasteiger partial charge on any atom is -0.457 e. The molecule has 3 rings (SSSR count). The Kier molecular flexibility index (Phi) is 7.64. The van der Waals surface area contributed by atoms with Gasteiger partial charge in [0.1, 0.15) is 30.0 Å². The minimum absolute atomic E-state index is 0.0964. The number of aliphatic hydroxyl groups excluding tert-OH is 2. The number of Topliss-reactive ketones (excluding diaryl/α,β-unsaturated/α-hetero) is 1. The molecule has 0 saturated carbocycles. The quantitative estimate of drug-likeness (QED) is 0.474. The van der Waals surface area contributed by atoms with Crippen molar-refractivity contribution in [3.63, 3.8) is 0 Å². The van der Waals surface area contributed by atoms with E-state index in [0.29, 0.717) is 22.9 Å². The van der Waals surface area contributed by atoms with Crippen LogP contribution in [-0.4, -0.2) is 45.6 Å². The topological polar surface area (TPSA) is 109 Å². The molecule has 0 radical (unpaired) electrons. The Labute approximate surface area is 184 Å². The van der Waals surface area contributed by atoms with Gasteiger partial charge in [-0.1, -0.05) is 6.07 Å². The van der Waals surface area contributed by atoms with Crippen LogP contribution in [0.1, 0.15) is 12.6 Å². The fraction of sp³-hybridized carbons (Fsp3) is 0.208. The number of hydrogen-bond acceptors (Lipinski definition) is 6. The minimum atomic E-state index is -1.14. The number of halogens is 1. The van der Waals surface area contributed by atoms with Crippen molar-refractivity contribution < 1.29 is 28.9 Å². The maximum Gasteiger partial charge on any atom is 0.246 e. The van der Waals surface area contributed by atoms with Gasteiger partial charge in [0.2, 0.25) is 5.91 Å². The first-order valence-corrected chi connectivity index (χ1v) is 9.96. The van der Waals surface area contributed by atoms with Gasteiger partial charge in [0, 0.05) is 11.3 Å². The molecule has 32 heavy (non-hydrogen) atoms. The van der Waals surface area contributed by atoms with Crippen LogP contribution in [0.4, 0.5) is 4.39 Å². The van der Waals surface area contributed by atoms with Crippen molar-refractivity contribution in [2.45, 2.75) is 25.5 Å². The summed E-state index contributed by atoms with van der Waals surface area (Å²) in [6, 6.07) is 16.9. The lowest BCUT2D eigenvalue weighted by Crippen LogP contribution is -2.49. The molecule has 0 aliphatic rings. The normalized spacial score (nSPS) is 12.6. The van der Waals surface area contributed by atoms with Crippen LogP contribution in [0.25, 0.3) is 11.3 Å². The number of carbonyl (C=O) groups excluding carboxylic acids is 2. The summed E-state index contributed by atoms with van der Waals surface area (Å²) < 4.78 is 18.7. The van der Waals surface area contributed by atoms with E-state index < -0.39 is 30.4 Å². The van der Waals surface area contributed by atoms with Gasteiger partial charge in [-0.05, 0) is 67.6 Å². The zero-order valence-electron chi connectivity index (χ0n) is 17.4. The van der Waals surface area contributed by atoms with Crippen LogP contribution in [0.5, 0.6) is 11.5 Å². The van der Waals surface area contributed by atoms with Gasteiger partial charge < -0.3 is 20.3 Å². The van der Waals surface area contributed by atoms with Crippen molar-refractivity contribution in [2.24, 2.45) is 0 Å². The number of rotatable bonds is 9. The third-order valence-electron chi connectivity index (χ3n) is 4.65. The third kappa shape index (κ3) is 6.19. The van der Waals surface area contributed by atoms with Crippen molar-refractivity contribution in [3.05, 3.63) is 78.2 Å². The number of nitrogens with zero attached hydrogens (tertiary/aromatic N) is 1. The van der Waals surface area contributed by atoms with Gasteiger partial charge in [0.25, 0.3) is 0 Å². The standard InChI is InChI=1S/C24H23FN2O5/c1-15(29)24(27-23(31)14-28)22(30)13-18-3-2-4-21(26-18)16-5-9-19(10-6-16)32-20-11-7-17(25)8-12-20/h2-12,15,24,28-29H,13-14H2,1H3,(H,27,31)/t15?,24-/m0/s1. The molecule has 0 bridgehead atoms. The average Bonchev–Trinajstić information content (AvgIpc) is 2.79. The molecule has 0 aliphatic heterocycles. The van der Waals surface area contributed by atoms with Gasteiger partial charge in [-0.25, -0.2) is 4.39 Å². The fourth-order valence-corrected chi connectivity index (χ4v) is 3.05. The SMILES string of the molecule is CC(O)[C@H](NC(=O)CO)C(=O)Cc1cccc(-c2ccc(Oc3ccc(F)cc3)cc2)n1. The Hall–Kier alpha value is -3.62. The van der Waals surface area contributed by atoms with Crippen molar-refractivity contribution in [2.75, 3.05) is 6.61 Å². The predicted octanol–water partition coefficient (Wildman–Crippen LogP) is 2.65. The largest absolute Gasteiger partial charge is 0.457 e. The Balaban J connectivity index is 1.70. The van der Waals surface area contributed by atoms with Gasteiger partial charge in [0.05, 0.1) is 18.2 Å². The second-order valence-corrected chi connectivity index (χ2v) is 7.18. The molecule has 2 atom stereocenters. The van der Waals surface area contributed by atoms with E-state index in [1.165, 1.54) is 31.2 Å². The fourth-order valence-electron chi connectivity index (χ4n) is 3.05. The summed E-state index contributed by atoms with van der Waals surface area (Å²) in [6.45, 7) is 0.616. The maximum absolute atomic E-state index is 13.0. The van der Waals surface area contributed by atoms with Crippen LogP contribution in [-0.2, 0) is 16.0 Å². The van der Waals surface area contributed by atoms with Gasteiger partial charge in [0.15, 0.2) is 5.78 Å². The van der Waals surface area contributed by atoms with E-state index in [9.17, 15) is 19.1 Å². The lowest BCUT2D eigenvalue weighted by molar-refractivity contribution is -0.131. The highest BCUT2D eigenvalue weighted by Gasteiger charge is 2.25. The Morgan fingerprint density at radius 2 is 1.66 bits per heavy atom. The number of nitrogens with one attached hydrogen (secondary N) is 1. The summed E-state index contributed by atoms with van der Waals surface area (Å²) >= 11 is 0. The van der Waals surface area contributed by atoms with E-state index >= 15 is 0 Å². The number of aromatic nitrogens is 1. The molecule has 2 aromatic carbocycles. The van der Waals surface area contributed by atoms with Crippen molar-refractivity contribution in [1.29, 1.82) is 0 Å². The predicted molar refractivity (Wildman–Crippen MR) is 116 cm³/mol. The molecule has 3 N–H and O–H groups in total. The molecule has 0 fully saturated rings. The zero-order valence-corrected chi connectivity index (χ0v) is 17.4. The number of ketones is 1. The molecular weight excluding hydrogens is 415 g/mol. The molecule has 0 saturated heterocycles. The molecule has 166 valence electrons. The highest BCUT2D eigenvalue weighted by atomic mass is 19.1. The molecule has 8 heteroatoms. The highest BCUT2D eigenvalue weighted by molar-refractivity contribution is 5.91. The van der Waals surface area contributed by atoms with Crippen LogP contribution < -0.4 is 10.1 Å². The van der Waals surface area contributed by atoms with E-state index in [2.05, 4.69) is 10.3 Å². The van der Waals surface area contributed by atoms with Crippen molar-refractivity contribution in [1.82, 2.24) is 10.3 Å². The molecule has 3 aromatic rings. The Bertz CT molecular complexity index is 1070. The van der Waals surface area contributed by atoms with Crippen LogP contribution in [0.3, 0.4) is 0 Å². The van der Waals surface area contributed by atoms with Gasteiger partial charge >= 0.3 is 0 Å². The van der Waals surface area contributed by atoms with E-state index in [0.717, 1.165) is 5.56 Å². The number of amides is 1. The summed E-state index contributed by atoms with van der Waals surface area (Å²) in [5, 5.41) is 21.0. The number of aliphatic hydroxyl groups is 2. The first kappa shape index (κ1) is 23.1. The number of carbonyl (C=O) groups is 2. The van der Waals surface area contributed by atoms with Crippen molar-refractivity contribution >= 4 is 11.7 Å². The Morgan fingerprint density at radius 1 is 1.03 bits per heavy atom. The van der Waals surface area contributed by atoms with E-state index in [4.69, 9.17) is 9.84 Å². The first-order chi connectivity index (χ1) is 15.4. The van der Waals surface area contributed by atoms with Crippen LogP contribution in [0.15, 0.2) is 66.7 Å². The highest BCUT2D eigenvalue weighted by Crippen LogP contribution is 2.25. The maximum atomic E-state index is 13.0. The molecular formula is C24H23FN2O5. The second kappa shape index (κ2) is 10.6. The summed E-state index contributed by atoms with van der Waals surface area (Å²) in [5.74, 6) is -0.416. The lowest BCUT2D eigenvalue weighted by atomic mass is 10.0. The Morgan fingerprint density at radius 3 is 2.25 bits per heavy atom. The number of pyridine rings is 1. The first-order valence-electron chi connectivity index (χ1n) is 9.96. The smallest absolute Gasteiger partial charge is 0.246 e. The number of ether oxygens (including phenoxy) is 1. The van der Waals surface area contributed by atoms with Gasteiger partial charge in [-0.15, -0.1) is 0 Å². The van der Waals surface area contributed by atoms with Crippen molar-refractivity contribution in [3.8, 4) is 22.8 Å². The second-order valence-electron chi connectivity index (χ2n) is 7.18. The summed E-state index contributed by atoms with van der Waals surface area (Å²) in [5.41, 5.74) is 1.91. The molecule has 7 nitrogen and oxygen atoms in total. The summed E-state index contributed by atoms with van der Waals surface area (Å²) in [7, 11) is 0. The monoisotopic (exact) mass is 438 g/mol. The number of benzene rings is 2. The summed E-state index contributed by atoms with van der Waals surface area (Å²) in [6.07, 6.45) is -1.21. The zero-order chi connectivity index (χ0) is 23.1. The third-order valence-corrected chi connectivity index (χ3v) is 4.65. The molecule has 0 spiro atoms. The van der Waals surface area contributed by atoms with E-state index in [-0.39, 0.29) is 12.2 Å². The number of hydrogen-bond donors (Lipinski definition) is 3. The molecule has 1 heterocycles. The van der Waals surface area contributed by atoms with E-state index in [1.54, 1.807) is 30.3 Å². The van der Waals surface area contributed by atoms with Gasteiger partial charge in [-0.3, -0.25) is 14.6 Å². The lowest BCUT2D eigenvalue weighted by Gasteiger charge is -2.19. The van der Waals surface area contributed by atoms with Crippen LogP contribution >= 0.6 is 0 Å². The molecule has 0 aliphatic carbocycles. The summed E-state index contributed by atoms with van der Waals surface area (Å²) in [4.78, 5) is 28.5. The van der Waals surface area contributed by atoms with E-state index in [1.807, 2.05) is 12.1 Å². The van der Waals surface area contributed by atoms with Crippen LogP contribution in [0.2, 0.25) is 0 Å². The molecule has 1 unspecified atom stereocenters. The van der Waals surface area contributed by atoms with Gasteiger partial charge in [-0.2, -0.15) is 0 Å². The molecule has 1 aromatic heterocycles. The molecule has 1 amide bonds. The van der Waals surface area contributed by atoms with Crippen LogP contribution in [0, 0.1) is 5.82 Å².